The Morgan fingerprint density at radius 3 is 1.10 bits per heavy atom. The van der Waals surface area contributed by atoms with Crippen LogP contribution in [0.3, 0.4) is 0 Å². The summed E-state index contributed by atoms with van der Waals surface area (Å²) in [5.74, 6) is 0. The zero-order valence-corrected chi connectivity index (χ0v) is 56.5. The number of hydrogen-bond acceptors (Lipinski definition) is 6. The Hall–Kier alpha value is -10.9. The molecule has 0 aliphatic carbocycles. The molecule has 90 heavy (non-hydrogen) atoms. The van der Waals surface area contributed by atoms with Crippen molar-refractivity contribution in [3.8, 4) is 36.4 Å². The van der Waals surface area contributed by atoms with E-state index >= 15 is 0 Å². The average Bonchev–Trinajstić information content (AvgIpc) is 1.61. The van der Waals surface area contributed by atoms with Crippen LogP contribution in [0.15, 0.2) is 218 Å². The molecule has 0 heterocycles. The molecule has 0 atom stereocenters. The highest BCUT2D eigenvalue weighted by Gasteiger charge is 2.04. The standard InChI is InChI=1S/6C12H9N.6C2H6/c1-9-2-4-12-7-10(8-13)3-5-11(12)6-9;1-9-4-2-7-12-10(8-13)5-3-6-11(9)12;1-9-5-6-12-10(7-9)3-2-4-11(12)8-13;1-9-5-6-10-3-2-4-11(8-13)12(10)7-9;1-9-6-10-4-2-3-5-12(10)11(7-9)8-13;1-9-6-7-10(8-13)12-5-3-2-4-11(9)12;6*1-2/h6*2-7H,1H3;6*1-2H3. The quantitative estimate of drug-likeness (QED) is 0.148. The Balaban J connectivity index is 0.000000522. The monoisotopic (exact) mass is 1180 g/mol. The van der Waals surface area contributed by atoms with Gasteiger partial charge in [0.25, 0.3) is 0 Å². The van der Waals surface area contributed by atoms with E-state index in [4.69, 9.17) is 31.6 Å². The Labute approximate surface area is 539 Å². The van der Waals surface area contributed by atoms with Crippen molar-refractivity contribution in [2.45, 2.75) is 125 Å². The van der Waals surface area contributed by atoms with Crippen molar-refractivity contribution in [2.75, 3.05) is 0 Å². The summed E-state index contributed by atoms with van der Waals surface area (Å²) >= 11 is 0. The molecule has 0 fully saturated rings. The number of hydrogen-bond donors (Lipinski definition) is 0. The van der Waals surface area contributed by atoms with Crippen LogP contribution in [0.1, 0.15) is 150 Å². The molecule has 0 unspecified atom stereocenters. The van der Waals surface area contributed by atoms with Crippen LogP contribution in [0, 0.1) is 110 Å². The number of aryl methyl sites for hydroxylation is 6. The van der Waals surface area contributed by atoms with Gasteiger partial charge in [0.2, 0.25) is 0 Å². The van der Waals surface area contributed by atoms with Gasteiger partial charge in [-0.25, -0.2) is 0 Å². The highest BCUT2D eigenvalue weighted by atomic mass is 14.3. The molecule has 0 radical (unpaired) electrons. The largest absolute Gasteiger partial charge is 0.192 e. The normalized spacial score (nSPS) is 8.93. The first-order chi connectivity index (χ1) is 43.9. The van der Waals surface area contributed by atoms with Crippen molar-refractivity contribution >= 4 is 64.6 Å². The summed E-state index contributed by atoms with van der Waals surface area (Å²) in [6.45, 7) is 36.3. The van der Waals surface area contributed by atoms with Crippen molar-refractivity contribution in [2.24, 2.45) is 0 Å². The molecule has 0 spiro atoms. The van der Waals surface area contributed by atoms with E-state index in [-0.39, 0.29) is 0 Å². The first-order valence-corrected chi connectivity index (χ1v) is 31.2. The SMILES string of the molecule is CC.CC.CC.CC.CC.CC.Cc1cc(C#N)c2ccccc2c1.Cc1ccc(C#N)c2ccccc12.Cc1ccc2c(C#N)cccc2c1.Cc1ccc2cc(C#N)ccc2c1.Cc1ccc2cccc(C#N)c2c1.Cc1cccc2c(C#N)cccc12. The molecule has 0 aliphatic heterocycles. The van der Waals surface area contributed by atoms with E-state index in [9.17, 15) is 0 Å². The summed E-state index contributed by atoms with van der Waals surface area (Å²) in [6.07, 6.45) is 0. The second-order valence-electron chi connectivity index (χ2n) is 18.8. The predicted molar refractivity (Wildman–Crippen MR) is 388 cm³/mol. The zero-order chi connectivity index (χ0) is 67.6. The highest BCUT2D eigenvalue weighted by Crippen LogP contribution is 2.25. The lowest BCUT2D eigenvalue weighted by Gasteiger charge is -2.02. The van der Waals surface area contributed by atoms with Gasteiger partial charge in [-0.15, -0.1) is 0 Å². The van der Waals surface area contributed by atoms with Gasteiger partial charge in [0.1, 0.15) is 0 Å². The molecule has 456 valence electrons. The van der Waals surface area contributed by atoms with Gasteiger partial charge >= 0.3 is 0 Å². The van der Waals surface area contributed by atoms with Gasteiger partial charge in [-0.05, 0) is 165 Å². The molecule has 0 aromatic heterocycles. The first kappa shape index (κ1) is 77.2. The summed E-state index contributed by atoms with van der Waals surface area (Å²) in [5, 5.41) is 66.4. The molecule has 0 bridgehead atoms. The molecule has 12 aromatic carbocycles. The molecule has 0 aliphatic rings. The van der Waals surface area contributed by atoms with Crippen molar-refractivity contribution in [3.05, 3.63) is 285 Å². The van der Waals surface area contributed by atoms with Crippen molar-refractivity contribution in [1.82, 2.24) is 0 Å². The van der Waals surface area contributed by atoms with E-state index < -0.39 is 0 Å². The summed E-state index contributed by atoms with van der Waals surface area (Å²) in [6, 6.07) is 84.6. The number of nitriles is 6. The molecule has 0 N–H and O–H groups in total. The minimum atomic E-state index is 0.719. The van der Waals surface area contributed by atoms with Gasteiger partial charge < -0.3 is 0 Å². The van der Waals surface area contributed by atoms with Gasteiger partial charge in [-0.3, -0.25) is 0 Å². The molecule has 0 saturated heterocycles. The van der Waals surface area contributed by atoms with E-state index in [2.05, 4.69) is 101 Å². The smallest absolute Gasteiger partial charge is 0.0998 e. The van der Waals surface area contributed by atoms with Crippen LogP contribution < -0.4 is 0 Å². The topological polar surface area (TPSA) is 143 Å². The van der Waals surface area contributed by atoms with E-state index in [1.807, 2.05) is 279 Å². The Kier molecular flexibility index (Phi) is 37.5. The van der Waals surface area contributed by atoms with Gasteiger partial charge in [-0.2, -0.15) is 31.6 Å². The summed E-state index contributed by atoms with van der Waals surface area (Å²) in [7, 11) is 0. The molecule has 0 amide bonds. The van der Waals surface area contributed by atoms with Crippen molar-refractivity contribution in [3.63, 3.8) is 0 Å². The Morgan fingerprint density at radius 1 is 0.200 bits per heavy atom. The second kappa shape index (κ2) is 43.7. The fraction of sp³-hybridized carbons (Fsp3) is 0.214. The maximum Gasteiger partial charge on any atom is 0.0998 e. The van der Waals surface area contributed by atoms with Gasteiger partial charge in [0.05, 0.1) is 69.8 Å². The van der Waals surface area contributed by atoms with Crippen molar-refractivity contribution < 1.29 is 0 Å². The van der Waals surface area contributed by atoms with Crippen LogP contribution in [-0.2, 0) is 0 Å². The molecule has 12 rings (SSSR count). The van der Waals surface area contributed by atoms with E-state index in [0.29, 0.717) is 0 Å². The lowest BCUT2D eigenvalue weighted by atomic mass is 10.0. The van der Waals surface area contributed by atoms with Crippen LogP contribution >= 0.6 is 0 Å². The highest BCUT2D eigenvalue weighted by molar-refractivity contribution is 5.93. The number of rotatable bonds is 0. The van der Waals surface area contributed by atoms with E-state index in [1.54, 1.807) is 0 Å². The van der Waals surface area contributed by atoms with Crippen LogP contribution in [0.2, 0.25) is 0 Å². The summed E-state index contributed by atoms with van der Waals surface area (Å²) in [5.41, 5.74) is 11.7. The predicted octanol–water partition coefficient (Wildman–Crippen LogP) is 24.3. The minimum Gasteiger partial charge on any atom is -0.192 e. The fourth-order valence-electron chi connectivity index (χ4n) is 9.08. The van der Waals surface area contributed by atoms with Gasteiger partial charge in [-0.1, -0.05) is 276 Å². The van der Waals surface area contributed by atoms with Crippen LogP contribution in [0.5, 0.6) is 0 Å². The summed E-state index contributed by atoms with van der Waals surface area (Å²) in [4.78, 5) is 0. The third-order valence-corrected chi connectivity index (χ3v) is 13.1. The number of benzene rings is 12. The fourth-order valence-corrected chi connectivity index (χ4v) is 9.08. The molecular formula is C84H90N6. The Bertz CT molecular complexity index is 4330. The van der Waals surface area contributed by atoms with E-state index in [1.165, 1.54) is 44.0 Å². The molecular weight excluding hydrogens is 1090 g/mol. The van der Waals surface area contributed by atoms with Crippen molar-refractivity contribution in [1.29, 1.82) is 31.6 Å². The molecule has 6 nitrogen and oxygen atoms in total. The lowest BCUT2D eigenvalue weighted by molar-refractivity contribution is 1.45. The summed E-state index contributed by atoms with van der Waals surface area (Å²) < 4.78 is 0. The van der Waals surface area contributed by atoms with Crippen LogP contribution in [0.25, 0.3) is 64.6 Å². The van der Waals surface area contributed by atoms with Gasteiger partial charge in [0, 0.05) is 0 Å². The molecule has 12 aromatic rings. The molecule has 6 heteroatoms. The average molecular weight is 1180 g/mol. The number of fused-ring (bicyclic) bond motifs is 6. The Morgan fingerprint density at radius 2 is 0.544 bits per heavy atom. The minimum absolute atomic E-state index is 0.719. The lowest BCUT2D eigenvalue weighted by Crippen LogP contribution is -1.82. The van der Waals surface area contributed by atoms with Crippen LogP contribution in [0.4, 0.5) is 0 Å². The second-order valence-corrected chi connectivity index (χ2v) is 18.8. The maximum absolute atomic E-state index is 8.91. The van der Waals surface area contributed by atoms with Gasteiger partial charge in [0.15, 0.2) is 0 Å². The van der Waals surface area contributed by atoms with Crippen LogP contribution in [-0.4, -0.2) is 0 Å². The first-order valence-electron chi connectivity index (χ1n) is 31.2. The van der Waals surface area contributed by atoms with E-state index in [0.717, 1.165) is 87.4 Å². The third kappa shape index (κ3) is 22.8. The molecule has 0 saturated carbocycles. The zero-order valence-electron chi connectivity index (χ0n) is 56.5. The number of nitrogens with zero attached hydrogens (tertiary/aromatic N) is 6. The maximum atomic E-state index is 8.91. The third-order valence-electron chi connectivity index (χ3n) is 13.1.